The summed E-state index contributed by atoms with van der Waals surface area (Å²) in [4.78, 5) is 12.6. The lowest BCUT2D eigenvalue weighted by molar-refractivity contribution is 0.0730. The van der Waals surface area contributed by atoms with Crippen molar-refractivity contribution in [1.29, 1.82) is 0 Å². The van der Waals surface area contributed by atoms with E-state index in [1.54, 1.807) is 12.1 Å². The van der Waals surface area contributed by atoms with Crippen molar-refractivity contribution < 1.29 is 17.9 Å². The molecule has 1 saturated heterocycles. The van der Waals surface area contributed by atoms with Gasteiger partial charge in [-0.1, -0.05) is 18.2 Å². The van der Waals surface area contributed by atoms with E-state index >= 15 is 0 Å². The third kappa shape index (κ3) is 4.40. The third-order valence-corrected chi connectivity index (χ3v) is 7.18. The Hall–Kier alpha value is -2.68. The lowest BCUT2D eigenvalue weighted by Crippen LogP contribution is -2.40. The minimum Gasteiger partial charge on any atom is -0.379 e. The minimum absolute atomic E-state index is 0.195. The highest BCUT2D eigenvalue weighted by molar-refractivity contribution is 7.89. The minimum atomic E-state index is -3.55. The quantitative estimate of drug-likeness (QED) is 0.588. The number of sulfonamides is 1. The third-order valence-electron chi connectivity index (χ3n) is 5.27. The Morgan fingerprint density at radius 3 is 2.50 bits per heavy atom. The number of morpholine rings is 1. The smallest absolute Gasteiger partial charge is 0.251 e. The monoisotopic (exact) mass is 427 g/mol. The van der Waals surface area contributed by atoms with Crippen molar-refractivity contribution in [2.75, 3.05) is 32.8 Å². The molecule has 0 spiro atoms. The fraction of sp³-hybridized carbons (Fsp3) is 0.318. The van der Waals surface area contributed by atoms with E-state index in [4.69, 9.17) is 4.74 Å². The summed E-state index contributed by atoms with van der Waals surface area (Å²) in [6.45, 7) is 2.85. The summed E-state index contributed by atoms with van der Waals surface area (Å²) < 4.78 is 34.1. The van der Waals surface area contributed by atoms with Crippen LogP contribution in [0.2, 0.25) is 0 Å². The van der Waals surface area contributed by atoms with Crippen LogP contribution in [0.3, 0.4) is 0 Å². The zero-order valence-electron chi connectivity index (χ0n) is 16.7. The average molecular weight is 428 g/mol. The molecular weight excluding hydrogens is 402 g/mol. The number of nitrogens with zero attached hydrogens (tertiary/aromatic N) is 2. The fourth-order valence-corrected chi connectivity index (χ4v) is 5.01. The first kappa shape index (κ1) is 20.6. The number of aryl methyl sites for hydroxylation is 1. The van der Waals surface area contributed by atoms with E-state index in [-0.39, 0.29) is 10.8 Å². The largest absolute Gasteiger partial charge is 0.379 e. The topological polar surface area (TPSA) is 80.6 Å². The molecule has 7 nitrogen and oxygen atoms in total. The lowest BCUT2D eigenvalue weighted by Gasteiger charge is -2.26. The highest BCUT2D eigenvalue weighted by Gasteiger charge is 2.26. The van der Waals surface area contributed by atoms with Gasteiger partial charge in [0.05, 0.1) is 18.1 Å². The van der Waals surface area contributed by atoms with Gasteiger partial charge in [-0.3, -0.25) is 4.79 Å². The molecule has 8 heteroatoms. The molecule has 158 valence electrons. The van der Waals surface area contributed by atoms with Gasteiger partial charge in [0.25, 0.3) is 5.91 Å². The van der Waals surface area contributed by atoms with E-state index in [2.05, 4.69) is 34.3 Å². The Bertz CT molecular complexity index is 1120. The number of carbonyl (C=O) groups excluding carboxylic acids is 1. The molecule has 1 aromatic heterocycles. The fourth-order valence-electron chi connectivity index (χ4n) is 3.60. The van der Waals surface area contributed by atoms with Gasteiger partial charge in [0.1, 0.15) is 0 Å². The number of nitrogens with one attached hydrogen (secondary N) is 1. The van der Waals surface area contributed by atoms with Crippen LogP contribution in [0, 0.1) is 0 Å². The van der Waals surface area contributed by atoms with E-state index in [1.165, 1.54) is 27.3 Å². The Morgan fingerprint density at radius 1 is 1.00 bits per heavy atom. The van der Waals surface area contributed by atoms with Gasteiger partial charge in [-0.25, -0.2) is 8.42 Å². The van der Waals surface area contributed by atoms with Crippen LogP contribution >= 0.6 is 0 Å². The maximum absolute atomic E-state index is 12.7. The van der Waals surface area contributed by atoms with Gasteiger partial charge < -0.3 is 14.6 Å². The van der Waals surface area contributed by atoms with E-state index in [9.17, 15) is 13.2 Å². The highest BCUT2D eigenvalue weighted by atomic mass is 32.2. The van der Waals surface area contributed by atoms with Crippen LogP contribution in [0.25, 0.3) is 10.9 Å². The second-order valence-electron chi connectivity index (χ2n) is 7.22. The predicted octanol–water partition coefficient (Wildman–Crippen LogP) is 2.48. The van der Waals surface area contributed by atoms with Crippen molar-refractivity contribution in [3.63, 3.8) is 0 Å². The van der Waals surface area contributed by atoms with Crippen molar-refractivity contribution in [2.45, 2.75) is 17.9 Å². The molecule has 1 N–H and O–H groups in total. The van der Waals surface area contributed by atoms with Crippen molar-refractivity contribution in [3.8, 4) is 0 Å². The standard InChI is InChI=1S/C22H25N3O4S/c26-22(23-11-3-12-24-13-10-18-4-1-2-5-21(18)24)19-6-8-20(9-7-19)30(27,28)25-14-16-29-17-15-25/h1-2,4-10,13H,3,11-12,14-17H2,(H,23,26). The number of fused-ring (bicyclic) bond motifs is 1. The summed E-state index contributed by atoms with van der Waals surface area (Å²) in [7, 11) is -3.55. The molecule has 0 bridgehead atoms. The van der Waals surface area contributed by atoms with Gasteiger partial charge in [0.2, 0.25) is 10.0 Å². The van der Waals surface area contributed by atoms with Crippen LogP contribution in [0.1, 0.15) is 16.8 Å². The van der Waals surface area contributed by atoms with E-state index in [0.29, 0.717) is 38.4 Å². The van der Waals surface area contributed by atoms with Gasteiger partial charge in [-0.2, -0.15) is 4.31 Å². The molecule has 0 atom stereocenters. The van der Waals surface area contributed by atoms with Gasteiger partial charge in [0, 0.05) is 43.5 Å². The highest BCUT2D eigenvalue weighted by Crippen LogP contribution is 2.18. The molecular formula is C22H25N3O4S. The maximum atomic E-state index is 12.7. The summed E-state index contributed by atoms with van der Waals surface area (Å²) in [5.41, 5.74) is 1.63. The molecule has 0 unspecified atom stereocenters. The number of benzene rings is 2. The number of ether oxygens (including phenoxy) is 1. The maximum Gasteiger partial charge on any atom is 0.251 e. The normalized spacial score (nSPS) is 15.3. The summed E-state index contributed by atoms with van der Waals surface area (Å²) in [5, 5.41) is 4.10. The number of carbonyl (C=O) groups is 1. The average Bonchev–Trinajstić information content (AvgIpc) is 3.20. The van der Waals surface area contributed by atoms with Gasteiger partial charge in [-0.15, -0.1) is 0 Å². The number of amides is 1. The van der Waals surface area contributed by atoms with Crippen LogP contribution < -0.4 is 5.32 Å². The molecule has 0 saturated carbocycles. The number of rotatable bonds is 7. The number of hydrogen-bond acceptors (Lipinski definition) is 4. The van der Waals surface area contributed by atoms with Crippen LogP contribution in [0.4, 0.5) is 0 Å². The van der Waals surface area contributed by atoms with E-state index < -0.39 is 10.0 Å². The molecule has 2 heterocycles. The Balaban J connectivity index is 1.30. The molecule has 2 aromatic carbocycles. The summed E-state index contributed by atoms with van der Waals surface area (Å²) in [6, 6.07) is 16.4. The zero-order chi connectivity index (χ0) is 21.0. The van der Waals surface area contributed by atoms with Crippen molar-refractivity contribution in [3.05, 3.63) is 66.4 Å². The summed E-state index contributed by atoms with van der Waals surface area (Å²) >= 11 is 0. The summed E-state index contributed by atoms with van der Waals surface area (Å²) in [5.74, 6) is -0.206. The van der Waals surface area contributed by atoms with Crippen molar-refractivity contribution in [1.82, 2.24) is 14.2 Å². The van der Waals surface area contributed by atoms with Crippen LogP contribution in [0.15, 0.2) is 65.7 Å². The Kier molecular flexibility index (Phi) is 6.17. The zero-order valence-corrected chi connectivity index (χ0v) is 17.5. The molecule has 1 aliphatic heterocycles. The van der Waals surface area contributed by atoms with Crippen LogP contribution in [-0.4, -0.2) is 56.0 Å². The van der Waals surface area contributed by atoms with E-state index in [1.807, 2.05) is 12.1 Å². The molecule has 0 aliphatic carbocycles. The van der Waals surface area contributed by atoms with Gasteiger partial charge in [0.15, 0.2) is 0 Å². The first-order valence-electron chi connectivity index (χ1n) is 10.1. The molecule has 1 aliphatic rings. The van der Waals surface area contributed by atoms with Crippen molar-refractivity contribution in [2.24, 2.45) is 0 Å². The SMILES string of the molecule is O=C(NCCCn1ccc2ccccc21)c1ccc(S(=O)(=O)N2CCOCC2)cc1. The molecule has 1 fully saturated rings. The van der Waals surface area contributed by atoms with Crippen LogP contribution in [0.5, 0.6) is 0 Å². The number of para-hydroxylation sites is 1. The first-order chi connectivity index (χ1) is 14.6. The van der Waals surface area contributed by atoms with E-state index in [0.717, 1.165) is 13.0 Å². The van der Waals surface area contributed by atoms with Crippen molar-refractivity contribution >= 4 is 26.8 Å². The Morgan fingerprint density at radius 2 is 1.73 bits per heavy atom. The molecule has 30 heavy (non-hydrogen) atoms. The molecule has 4 rings (SSSR count). The lowest BCUT2D eigenvalue weighted by atomic mass is 10.2. The molecule has 1 amide bonds. The first-order valence-corrected chi connectivity index (χ1v) is 11.5. The van der Waals surface area contributed by atoms with Crippen LogP contribution in [-0.2, 0) is 21.3 Å². The predicted molar refractivity (Wildman–Crippen MR) is 115 cm³/mol. The molecule has 0 radical (unpaired) electrons. The Labute approximate surface area is 176 Å². The van der Waals surface area contributed by atoms with Gasteiger partial charge >= 0.3 is 0 Å². The molecule has 3 aromatic rings. The second-order valence-corrected chi connectivity index (χ2v) is 9.16. The summed E-state index contributed by atoms with van der Waals surface area (Å²) in [6.07, 6.45) is 2.86. The number of aromatic nitrogens is 1. The number of hydrogen-bond donors (Lipinski definition) is 1. The second kappa shape index (κ2) is 8.99. The van der Waals surface area contributed by atoms with Gasteiger partial charge in [-0.05, 0) is 48.2 Å².